The van der Waals surface area contributed by atoms with Crippen molar-refractivity contribution in [2.24, 2.45) is 0 Å². The molecule has 0 aliphatic heterocycles. The number of anilines is 1. The Hall–Kier alpha value is -3.34. The smallest absolute Gasteiger partial charge is 0.223 e. The molecular weight excluding hydrogens is 326 g/mol. The second-order valence-corrected chi connectivity index (χ2v) is 6.26. The van der Waals surface area contributed by atoms with Gasteiger partial charge in [0.25, 0.3) is 0 Å². The average molecular weight is 345 g/mol. The second kappa shape index (κ2) is 6.52. The molecule has 0 fully saturated rings. The van der Waals surface area contributed by atoms with Crippen LogP contribution in [0.25, 0.3) is 21.8 Å². The first-order valence-corrected chi connectivity index (χ1v) is 8.55. The van der Waals surface area contributed by atoms with Crippen LogP contribution in [0.1, 0.15) is 5.69 Å². The zero-order chi connectivity index (χ0) is 18.1. The maximum absolute atomic E-state index is 11.5. The summed E-state index contributed by atoms with van der Waals surface area (Å²) < 4.78 is 1.87. The number of nitrogens with zero attached hydrogens (tertiary/aromatic N) is 2. The van der Waals surface area contributed by atoms with Crippen LogP contribution in [0.2, 0.25) is 0 Å². The van der Waals surface area contributed by atoms with Crippen molar-refractivity contribution >= 4 is 27.5 Å². The molecule has 4 rings (SSSR count). The van der Waals surface area contributed by atoms with Gasteiger partial charge in [-0.3, -0.25) is 4.79 Å². The van der Waals surface area contributed by atoms with Gasteiger partial charge in [0.05, 0.1) is 22.4 Å². The van der Waals surface area contributed by atoms with E-state index in [1.807, 2.05) is 41.0 Å². The van der Waals surface area contributed by atoms with E-state index in [-0.39, 0.29) is 11.2 Å². The van der Waals surface area contributed by atoms with E-state index in [4.69, 9.17) is 4.98 Å². The number of fused-ring (bicyclic) bond motifs is 2. The Morgan fingerprint density at radius 2 is 1.62 bits per heavy atom. The molecule has 5 heteroatoms. The number of para-hydroxylation sites is 2. The van der Waals surface area contributed by atoms with E-state index in [0.717, 1.165) is 27.5 Å². The molecular formula is C21H19N3O2. The fraction of sp³-hybridized carbons (Fsp3) is 0.143. The molecule has 0 aliphatic carbocycles. The first-order valence-electron chi connectivity index (χ1n) is 8.55. The lowest BCUT2D eigenvalue weighted by molar-refractivity contribution is 0.454. The first kappa shape index (κ1) is 16.1. The van der Waals surface area contributed by atoms with Crippen LogP contribution in [0, 0.1) is 6.92 Å². The van der Waals surface area contributed by atoms with Crippen LogP contribution in [0.3, 0.4) is 0 Å². The van der Waals surface area contributed by atoms with Gasteiger partial charge in [0.1, 0.15) is 0 Å². The largest absolute Gasteiger partial charge is 0.503 e. The molecule has 4 aromatic rings. The Morgan fingerprint density at radius 3 is 2.27 bits per heavy atom. The van der Waals surface area contributed by atoms with Crippen LogP contribution >= 0.6 is 0 Å². The Bertz CT molecular complexity index is 1110. The summed E-state index contributed by atoms with van der Waals surface area (Å²) in [6.45, 7) is 3.03. The highest BCUT2D eigenvalue weighted by molar-refractivity contribution is 6.07. The Balaban J connectivity index is 1.68. The van der Waals surface area contributed by atoms with Gasteiger partial charge in [-0.1, -0.05) is 36.4 Å². The molecule has 0 bridgehead atoms. The molecule has 0 saturated carbocycles. The van der Waals surface area contributed by atoms with Crippen LogP contribution in [0.4, 0.5) is 5.69 Å². The molecule has 0 aliphatic rings. The molecule has 0 radical (unpaired) electrons. The minimum atomic E-state index is -0.349. The summed E-state index contributed by atoms with van der Waals surface area (Å²) >= 11 is 0. The van der Waals surface area contributed by atoms with E-state index in [1.165, 1.54) is 6.07 Å². The standard InChI is InChI=1S/C21H19N3O2/c1-14-21(26)19(25)10-12-24(14)13-11-22-20-15-6-2-4-8-17(15)23-18-9-5-3-7-16(18)20/h2-10,12,26H,11,13H2,1H3,(H,22,23). The van der Waals surface area contributed by atoms with E-state index in [1.54, 1.807) is 13.1 Å². The maximum atomic E-state index is 11.5. The molecule has 0 saturated heterocycles. The monoisotopic (exact) mass is 345 g/mol. The summed E-state index contributed by atoms with van der Waals surface area (Å²) in [4.78, 5) is 16.2. The van der Waals surface area contributed by atoms with Crippen molar-refractivity contribution in [2.75, 3.05) is 11.9 Å². The molecule has 0 amide bonds. The predicted molar refractivity (Wildman–Crippen MR) is 105 cm³/mol. The minimum Gasteiger partial charge on any atom is -0.503 e. The molecule has 2 heterocycles. The van der Waals surface area contributed by atoms with Crippen LogP contribution in [-0.2, 0) is 6.54 Å². The van der Waals surface area contributed by atoms with Gasteiger partial charge in [-0.25, -0.2) is 4.98 Å². The molecule has 2 aromatic carbocycles. The quantitative estimate of drug-likeness (QED) is 0.554. The molecule has 5 nitrogen and oxygen atoms in total. The summed E-state index contributed by atoms with van der Waals surface area (Å²) in [5, 5.41) is 15.5. The highest BCUT2D eigenvalue weighted by Crippen LogP contribution is 2.30. The third-order valence-electron chi connectivity index (χ3n) is 4.65. The van der Waals surface area contributed by atoms with Gasteiger partial charge in [0, 0.05) is 36.1 Å². The van der Waals surface area contributed by atoms with E-state index in [0.29, 0.717) is 18.8 Å². The summed E-state index contributed by atoms with van der Waals surface area (Å²) in [5.41, 5.74) is 3.17. The van der Waals surface area contributed by atoms with E-state index >= 15 is 0 Å². The van der Waals surface area contributed by atoms with E-state index in [2.05, 4.69) is 17.4 Å². The number of benzene rings is 2. The number of aromatic nitrogens is 2. The summed E-state index contributed by atoms with van der Waals surface area (Å²) in [6, 6.07) is 17.5. The average Bonchev–Trinajstić information content (AvgIpc) is 2.67. The first-order chi connectivity index (χ1) is 12.6. The zero-order valence-electron chi connectivity index (χ0n) is 14.4. The van der Waals surface area contributed by atoms with Crippen LogP contribution < -0.4 is 10.7 Å². The van der Waals surface area contributed by atoms with Crippen LogP contribution in [0.15, 0.2) is 65.6 Å². The number of rotatable bonds is 4. The third kappa shape index (κ3) is 2.77. The summed E-state index contributed by atoms with van der Waals surface area (Å²) in [5.74, 6) is -0.188. The SMILES string of the molecule is Cc1c(O)c(=O)ccn1CCNc1c2ccccc2nc2ccccc12. The lowest BCUT2D eigenvalue weighted by Gasteiger charge is -2.15. The fourth-order valence-corrected chi connectivity index (χ4v) is 3.24. The molecule has 2 aromatic heterocycles. The number of hydrogen-bond donors (Lipinski definition) is 2. The number of aromatic hydroxyl groups is 1. The minimum absolute atomic E-state index is 0.188. The third-order valence-corrected chi connectivity index (χ3v) is 4.65. The van der Waals surface area contributed by atoms with Crippen molar-refractivity contribution in [1.82, 2.24) is 9.55 Å². The maximum Gasteiger partial charge on any atom is 0.223 e. The molecule has 130 valence electrons. The molecule has 0 atom stereocenters. The zero-order valence-corrected chi connectivity index (χ0v) is 14.4. The van der Waals surface area contributed by atoms with Crippen molar-refractivity contribution in [3.63, 3.8) is 0 Å². The lowest BCUT2D eigenvalue weighted by Crippen LogP contribution is -2.15. The van der Waals surface area contributed by atoms with Gasteiger partial charge in [-0.15, -0.1) is 0 Å². The molecule has 0 unspecified atom stereocenters. The van der Waals surface area contributed by atoms with Crippen molar-refractivity contribution in [1.29, 1.82) is 0 Å². The topological polar surface area (TPSA) is 67.2 Å². The Kier molecular flexibility index (Phi) is 4.05. The molecule has 26 heavy (non-hydrogen) atoms. The van der Waals surface area contributed by atoms with E-state index in [9.17, 15) is 9.90 Å². The van der Waals surface area contributed by atoms with Gasteiger partial charge in [-0.2, -0.15) is 0 Å². The summed E-state index contributed by atoms with van der Waals surface area (Å²) in [7, 11) is 0. The number of pyridine rings is 2. The van der Waals surface area contributed by atoms with Crippen LogP contribution in [-0.4, -0.2) is 21.2 Å². The summed E-state index contributed by atoms with van der Waals surface area (Å²) in [6.07, 6.45) is 1.71. The lowest BCUT2D eigenvalue weighted by atomic mass is 10.1. The Labute approximate surface area is 150 Å². The van der Waals surface area contributed by atoms with Crippen molar-refractivity contribution in [3.8, 4) is 5.75 Å². The fourth-order valence-electron chi connectivity index (χ4n) is 3.24. The van der Waals surface area contributed by atoms with Gasteiger partial charge in [0.15, 0.2) is 5.75 Å². The second-order valence-electron chi connectivity index (χ2n) is 6.26. The van der Waals surface area contributed by atoms with Gasteiger partial charge < -0.3 is 15.0 Å². The molecule has 0 spiro atoms. The van der Waals surface area contributed by atoms with Gasteiger partial charge >= 0.3 is 0 Å². The highest BCUT2D eigenvalue weighted by atomic mass is 16.3. The van der Waals surface area contributed by atoms with Crippen molar-refractivity contribution in [2.45, 2.75) is 13.5 Å². The highest BCUT2D eigenvalue weighted by Gasteiger charge is 2.09. The predicted octanol–water partition coefficient (Wildman–Crippen LogP) is 3.68. The van der Waals surface area contributed by atoms with Gasteiger partial charge in [-0.05, 0) is 19.1 Å². The van der Waals surface area contributed by atoms with Crippen LogP contribution in [0.5, 0.6) is 5.75 Å². The van der Waals surface area contributed by atoms with Crippen molar-refractivity contribution < 1.29 is 5.11 Å². The van der Waals surface area contributed by atoms with E-state index < -0.39 is 0 Å². The molecule has 2 N–H and O–H groups in total. The number of nitrogens with one attached hydrogen (secondary N) is 1. The Morgan fingerprint density at radius 1 is 1.00 bits per heavy atom. The van der Waals surface area contributed by atoms with Crippen molar-refractivity contribution in [3.05, 3.63) is 76.7 Å². The number of hydrogen-bond acceptors (Lipinski definition) is 4. The van der Waals surface area contributed by atoms with Gasteiger partial charge in [0.2, 0.25) is 5.43 Å². The normalized spacial score (nSPS) is 11.1.